The second kappa shape index (κ2) is 9.43. The lowest BCUT2D eigenvalue weighted by Gasteiger charge is -2.04. The average Bonchev–Trinajstić information content (AvgIpc) is 3.84. The first-order valence-electron chi connectivity index (χ1n) is 13.4. The Bertz CT molecular complexity index is 2190. The molecule has 194 valence electrons. The van der Waals surface area contributed by atoms with E-state index in [1.807, 2.05) is 36.8 Å². The molecule has 8 rings (SSSR count). The van der Waals surface area contributed by atoms with Crippen molar-refractivity contribution in [3.63, 3.8) is 0 Å². The third kappa shape index (κ3) is 3.99. The number of hydrogen-bond acceptors (Lipinski definition) is 4. The van der Waals surface area contributed by atoms with E-state index in [-0.39, 0.29) is 0 Å². The summed E-state index contributed by atoms with van der Waals surface area (Å²) in [5, 5.41) is 0. The predicted octanol–water partition coefficient (Wildman–Crippen LogP) is 7.88. The summed E-state index contributed by atoms with van der Waals surface area (Å²) in [5.41, 5.74) is 13.5. The number of nitrogens with one attached hydrogen (secondary N) is 3. The topological polar surface area (TPSA) is 98.9 Å². The zero-order valence-corrected chi connectivity index (χ0v) is 21.8. The highest BCUT2D eigenvalue weighted by atomic mass is 14.8. The minimum absolute atomic E-state index is 0.855. The molecule has 0 unspecified atom stereocenters. The summed E-state index contributed by atoms with van der Waals surface area (Å²) < 4.78 is 0. The standard InChI is InChI=1S/C34H23N7/c1-4-21(18-35-15-1)32-26-9-7-24(38-26)25-8-10-27(39-25)33(22-5-2-16-36-19-22)29-12-14-31(41-29)34(23-6-3-17-37-20-23)30-13-11-28(32)40-30/h1-20,38-40H. The number of aromatic nitrogens is 7. The largest absolute Gasteiger partial charge is 0.354 e. The summed E-state index contributed by atoms with van der Waals surface area (Å²) >= 11 is 0. The van der Waals surface area contributed by atoms with Crippen LogP contribution in [0.1, 0.15) is 11.4 Å². The van der Waals surface area contributed by atoms with Gasteiger partial charge in [0, 0.05) is 92.6 Å². The van der Waals surface area contributed by atoms with Crippen LogP contribution in [0.15, 0.2) is 110 Å². The Morgan fingerprint density at radius 1 is 0.390 bits per heavy atom. The van der Waals surface area contributed by atoms with Gasteiger partial charge in [-0.2, -0.15) is 0 Å². The highest BCUT2D eigenvalue weighted by molar-refractivity contribution is 5.99. The second-order valence-electron chi connectivity index (χ2n) is 9.92. The molecule has 0 saturated heterocycles. The first-order valence-corrected chi connectivity index (χ1v) is 13.4. The molecule has 7 aromatic heterocycles. The number of H-pyrrole nitrogens is 3. The zero-order valence-electron chi connectivity index (χ0n) is 21.8. The van der Waals surface area contributed by atoms with E-state index in [2.05, 4.69) is 96.7 Å². The molecule has 1 aliphatic rings. The van der Waals surface area contributed by atoms with Crippen molar-refractivity contribution >= 4 is 45.3 Å². The minimum Gasteiger partial charge on any atom is -0.354 e. The van der Waals surface area contributed by atoms with Gasteiger partial charge in [0.15, 0.2) is 0 Å². The molecule has 0 radical (unpaired) electrons. The summed E-state index contributed by atoms with van der Waals surface area (Å²) in [4.78, 5) is 29.4. The molecule has 8 heterocycles. The quantitative estimate of drug-likeness (QED) is 0.217. The van der Waals surface area contributed by atoms with Gasteiger partial charge in [0.1, 0.15) is 0 Å². The van der Waals surface area contributed by atoms with E-state index in [0.29, 0.717) is 0 Å². The second-order valence-corrected chi connectivity index (χ2v) is 9.92. The summed E-state index contributed by atoms with van der Waals surface area (Å²) in [6, 6.07) is 24.7. The van der Waals surface area contributed by atoms with Gasteiger partial charge in [-0.05, 0) is 66.7 Å². The van der Waals surface area contributed by atoms with Crippen LogP contribution in [0, 0.1) is 0 Å². The van der Waals surface area contributed by atoms with Crippen molar-refractivity contribution in [2.75, 3.05) is 0 Å². The molecule has 8 bridgehead atoms. The Hall–Kier alpha value is -5.82. The SMILES string of the molecule is C1=Cc2nc1c(-c1cccnc1)c1ccc([nH]1)c(-c1cccnc1)c1ccc([nH]1)c1ccc([nH]1)c2-c1cccnc1. The van der Waals surface area contributed by atoms with Gasteiger partial charge in [-0.3, -0.25) is 15.0 Å². The van der Waals surface area contributed by atoms with Gasteiger partial charge in [-0.1, -0.05) is 18.2 Å². The van der Waals surface area contributed by atoms with Gasteiger partial charge >= 0.3 is 0 Å². The van der Waals surface area contributed by atoms with Crippen LogP contribution in [0.4, 0.5) is 0 Å². The van der Waals surface area contributed by atoms with Crippen molar-refractivity contribution in [2.45, 2.75) is 0 Å². The van der Waals surface area contributed by atoms with Gasteiger partial charge in [0.25, 0.3) is 0 Å². The van der Waals surface area contributed by atoms with Gasteiger partial charge in [0.2, 0.25) is 0 Å². The van der Waals surface area contributed by atoms with E-state index in [9.17, 15) is 0 Å². The normalized spacial score (nSPS) is 11.8. The van der Waals surface area contributed by atoms with Crippen molar-refractivity contribution in [3.05, 3.63) is 121 Å². The van der Waals surface area contributed by atoms with E-state index in [1.54, 1.807) is 18.6 Å². The van der Waals surface area contributed by atoms with Crippen LogP contribution in [0.2, 0.25) is 0 Å². The van der Waals surface area contributed by atoms with Crippen LogP contribution in [-0.4, -0.2) is 34.9 Å². The molecule has 41 heavy (non-hydrogen) atoms. The lowest BCUT2D eigenvalue weighted by Crippen LogP contribution is -1.88. The van der Waals surface area contributed by atoms with Crippen molar-refractivity contribution < 1.29 is 0 Å². The molecule has 1 aliphatic heterocycles. The third-order valence-corrected chi connectivity index (χ3v) is 7.43. The number of fused-ring (bicyclic) bond motifs is 9. The third-order valence-electron chi connectivity index (χ3n) is 7.43. The summed E-state index contributed by atoms with van der Waals surface area (Å²) in [7, 11) is 0. The van der Waals surface area contributed by atoms with Crippen molar-refractivity contribution in [2.24, 2.45) is 0 Å². The lowest BCUT2D eigenvalue weighted by atomic mass is 10.1. The van der Waals surface area contributed by atoms with Crippen molar-refractivity contribution in [1.29, 1.82) is 0 Å². The Morgan fingerprint density at radius 3 is 1.17 bits per heavy atom. The molecular weight excluding hydrogens is 506 g/mol. The minimum atomic E-state index is 0.855. The first kappa shape index (κ1) is 23.1. The van der Waals surface area contributed by atoms with Crippen LogP contribution in [0.25, 0.3) is 78.6 Å². The van der Waals surface area contributed by atoms with Gasteiger partial charge in [0.05, 0.1) is 22.4 Å². The van der Waals surface area contributed by atoms with Crippen molar-refractivity contribution in [3.8, 4) is 33.4 Å². The average molecular weight is 530 g/mol. The molecule has 7 heteroatoms. The molecule has 7 nitrogen and oxygen atoms in total. The van der Waals surface area contributed by atoms with E-state index in [0.717, 1.165) is 77.9 Å². The highest BCUT2D eigenvalue weighted by Gasteiger charge is 2.16. The van der Waals surface area contributed by atoms with E-state index in [1.165, 1.54) is 0 Å². The maximum Gasteiger partial charge on any atom is 0.0737 e. The monoisotopic (exact) mass is 529 g/mol. The summed E-state index contributed by atoms with van der Waals surface area (Å²) in [6.07, 6.45) is 15.2. The Morgan fingerprint density at radius 2 is 0.756 bits per heavy atom. The highest BCUT2D eigenvalue weighted by Crippen LogP contribution is 2.35. The number of aromatic amines is 3. The van der Waals surface area contributed by atoms with Gasteiger partial charge < -0.3 is 15.0 Å². The summed E-state index contributed by atoms with van der Waals surface area (Å²) in [6.45, 7) is 0. The lowest BCUT2D eigenvalue weighted by molar-refractivity contribution is 1.29. The van der Waals surface area contributed by atoms with Crippen LogP contribution in [-0.2, 0) is 0 Å². The Balaban J connectivity index is 1.58. The molecule has 0 aliphatic carbocycles. The van der Waals surface area contributed by atoms with Gasteiger partial charge in [-0.15, -0.1) is 0 Å². The zero-order chi connectivity index (χ0) is 27.2. The molecule has 0 spiro atoms. The molecule has 0 saturated carbocycles. The van der Waals surface area contributed by atoms with E-state index < -0.39 is 0 Å². The number of nitrogens with zero attached hydrogens (tertiary/aromatic N) is 4. The smallest absolute Gasteiger partial charge is 0.0737 e. The molecule has 7 aromatic rings. The van der Waals surface area contributed by atoms with E-state index in [4.69, 9.17) is 4.98 Å². The molecule has 3 N–H and O–H groups in total. The molecule has 0 fully saturated rings. The number of rotatable bonds is 3. The summed E-state index contributed by atoms with van der Waals surface area (Å²) in [5.74, 6) is 0. The molecule has 0 aromatic carbocycles. The maximum absolute atomic E-state index is 5.20. The maximum atomic E-state index is 5.20. The Kier molecular flexibility index (Phi) is 5.31. The van der Waals surface area contributed by atoms with Gasteiger partial charge in [-0.25, -0.2) is 4.98 Å². The van der Waals surface area contributed by atoms with Crippen LogP contribution in [0.5, 0.6) is 0 Å². The first-order chi connectivity index (χ1) is 20.3. The number of pyridine rings is 3. The van der Waals surface area contributed by atoms with Crippen LogP contribution >= 0.6 is 0 Å². The van der Waals surface area contributed by atoms with Crippen molar-refractivity contribution in [1.82, 2.24) is 34.9 Å². The number of hydrogen-bond donors (Lipinski definition) is 3. The fraction of sp³-hybridized carbons (Fsp3) is 0. The molecule has 0 amide bonds. The van der Waals surface area contributed by atoms with Crippen LogP contribution < -0.4 is 0 Å². The van der Waals surface area contributed by atoms with E-state index >= 15 is 0 Å². The fourth-order valence-electron chi connectivity index (χ4n) is 5.59. The molecule has 0 atom stereocenters. The van der Waals surface area contributed by atoms with Crippen LogP contribution in [0.3, 0.4) is 0 Å². The molecular formula is C34H23N7. The Labute approximate surface area is 234 Å². The fourth-order valence-corrected chi connectivity index (χ4v) is 5.59. The predicted molar refractivity (Wildman–Crippen MR) is 165 cm³/mol.